The minimum Gasteiger partial charge on any atom is -0.452 e. The van der Waals surface area contributed by atoms with Crippen LogP contribution in [0.3, 0.4) is 0 Å². The van der Waals surface area contributed by atoms with Gasteiger partial charge in [-0.3, -0.25) is 9.78 Å². The number of aromatic nitrogens is 1. The lowest BCUT2D eigenvalue weighted by Crippen LogP contribution is -2.31. The van der Waals surface area contributed by atoms with Gasteiger partial charge in [-0.15, -0.1) is 6.58 Å². The van der Waals surface area contributed by atoms with Crippen LogP contribution in [0.15, 0.2) is 36.9 Å². The number of carbonyl (C=O) groups excluding carboxylic acids is 2. The number of hydrogen-bond donors (Lipinski definition) is 1. The van der Waals surface area contributed by atoms with Crippen LogP contribution < -0.4 is 5.32 Å². The molecule has 1 atom stereocenters. The monoisotopic (exact) mass is 380 g/mol. The van der Waals surface area contributed by atoms with Crippen LogP contribution in [0, 0.1) is 11.3 Å². The van der Waals surface area contributed by atoms with Crippen molar-refractivity contribution in [1.29, 1.82) is 0 Å². The maximum atomic E-state index is 13.0. The van der Waals surface area contributed by atoms with E-state index in [2.05, 4.69) is 32.7 Å². The van der Waals surface area contributed by atoms with Crippen molar-refractivity contribution < 1.29 is 14.3 Å². The highest BCUT2D eigenvalue weighted by Crippen LogP contribution is 2.39. The van der Waals surface area contributed by atoms with Gasteiger partial charge in [0.25, 0.3) is 5.91 Å². The molecule has 3 rings (SSSR count). The molecule has 0 saturated carbocycles. The van der Waals surface area contributed by atoms with Gasteiger partial charge in [-0.2, -0.15) is 0 Å². The van der Waals surface area contributed by atoms with Crippen molar-refractivity contribution in [3.63, 3.8) is 0 Å². The molecule has 5 heteroatoms. The van der Waals surface area contributed by atoms with Crippen molar-refractivity contribution in [3.8, 4) is 0 Å². The lowest BCUT2D eigenvalue weighted by Gasteiger charge is -2.35. The summed E-state index contributed by atoms with van der Waals surface area (Å²) in [6.07, 6.45) is 4.28. The Hall–Kier alpha value is -2.69. The molecule has 1 amide bonds. The first-order valence-corrected chi connectivity index (χ1v) is 9.76. The summed E-state index contributed by atoms with van der Waals surface area (Å²) in [6, 6.07) is 7.63. The molecule has 1 N–H and O–H groups in total. The normalized spacial score (nSPS) is 16.3. The van der Waals surface area contributed by atoms with E-state index in [0.29, 0.717) is 18.0 Å². The fourth-order valence-corrected chi connectivity index (χ4v) is 3.80. The second-order valence-corrected chi connectivity index (χ2v) is 8.40. The van der Waals surface area contributed by atoms with E-state index in [1.807, 2.05) is 24.3 Å². The predicted molar refractivity (Wildman–Crippen MR) is 110 cm³/mol. The highest BCUT2D eigenvalue weighted by Gasteiger charge is 2.33. The van der Waals surface area contributed by atoms with Gasteiger partial charge >= 0.3 is 5.97 Å². The van der Waals surface area contributed by atoms with Gasteiger partial charge in [0, 0.05) is 17.6 Å². The number of rotatable bonds is 5. The Morgan fingerprint density at radius 1 is 1.32 bits per heavy atom. The van der Waals surface area contributed by atoms with Crippen molar-refractivity contribution in [2.45, 2.75) is 40.0 Å². The van der Waals surface area contributed by atoms with Crippen molar-refractivity contribution in [3.05, 3.63) is 53.7 Å². The number of nitrogens with one attached hydrogen (secondary N) is 1. The molecule has 0 bridgehead atoms. The largest absolute Gasteiger partial charge is 0.452 e. The van der Waals surface area contributed by atoms with Gasteiger partial charge in [-0.05, 0) is 42.2 Å². The molecule has 1 aromatic heterocycles. The van der Waals surface area contributed by atoms with E-state index in [1.165, 1.54) is 0 Å². The lowest BCUT2D eigenvalue weighted by atomic mass is 9.70. The maximum Gasteiger partial charge on any atom is 0.339 e. The van der Waals surface area contributed by atoms with E-state index in [1.54, 1.807) is 6.08 Å². The highest BCUT2D eigenvalue weighted by molar-refractivity contribution is 6.05. The minimum atomic E-state index is -0.460. The Balaban J connectivity index is 1.96. The summed E-state index contributed by atoms with van der Waals surface area (Å²) >= 11 is 0. The third-order valence-electron chi connectivity index (χ3n) is 5.47. The molecule has 0 aliphatic heterocycles. The van der Waals surface area contributed by atoms with E-state index in [9.17, 15) is 9.59 Å². The van der Waals surface area contributed by atoms with E-state index in [0.717, 1.165) is 41.4 Å². The summed E-state index contributed by atoms with van der Waals surface area (Å²) in [5, 5.41) is 3.40. The number of hydrogen-bond acceptors (Lipinski definition) is 4. The van der Waals surface area contributed by atoms with E-state index >= 15 is 0 Å². The van der Waals surface area contributed by atoms with Gasteiger partial charge in [0.15, 0.2) is 6.61 Å². The topological polar surface area (TPSA) is 68.3 Å². The van der Waals surface area contributed by atoms with E-state index < -0.39 is 5.97 Å². The predicted octanol–water partition coefficient (Wildman–Crippen LogP) is 3.84. The summed E-state index contributed by atoms with van der Waals surface area (Å²) in [4.78, 5) is 29.7. The Kier molecular flexibility index (Phi) is 5.82. The number of nitrogens with zero attached hydrogens (tertiary/aromatic N) is 1. The first-order chi connectivity index (χ1) is 13.3. The average molecular weight is 380 g/mol. The molecule has 1 aliphatic rings. The van der Waals surface area contributed by atoms with Crippen LogP contribution in [0.1, 0.15) is 48.8 Å². The molecule has 148 valence electrons. The van der Waals surface area contributed by atoms with Crippen LogP contribution >= 0.6 is 0 Å². The Labute approximate surface area is 166 Å². The molecule has 1 aromatic carbocycles. The molecule has 0 fully saturated rings. The Bertz CT molecular complexity index is 912. The summed E-state index contributed by atoms with van der Waals surface area (Å²) in [5.74, 6) is -0.336. The third-order valence-corrected chi connectivity index (χ3v) is 5.47. The Morgan fingerprint density at radius 2 is 2.07 bits per heavy atom. The number of carbonyl (C=O) groups is 2. The molecule has 2 aromatic rings. The van der Waals surface area contributed by atoms with Gasteiger partial charge in [0.2, 0.25) is 0 Å². The second kappa shape index (κ2) is 8.13. The van der Waals surface area contributed by atoms with Crippen LogP contribution in [-0.4, -0.2) is 30.0 Å². The number of fused-ring (bicyclic) bond motifs is 2. The number of para-hydroxylation sites is 1. The number of esters is 1. The summed E-state index contributed by atoms with van der Waals surface area (Å²) < 4.78 is 5.37. The van der Waals surface area contributed by atoms with Gasteiger partial charge in [0.1, 0.15) is 0 Å². The number of benzene rings is 1. The summed E-state index contributed by atoms with van der Waals surface area (Å²) in [5.41, 5.74) is 3.45. The summed E-state index contributed by atoms with van der Waals surface area (Å²) in [7, 11) is 0. The van der Waals surface area contributed by atoms with Crippen molar-refractivity contribution in [2.75, 3.05) is 13.2 Å². The second-order valence-electron chi connectivity index (χ2n) is 8.40. The molecule has 28 heavy (non-hydrogen) atoms. The van der Waals surface area contributed by atoms with Crippen LogP contribution in [0.2, 0.25) is 0 Å². The molecule has 5 nitrogen and oxygen atoms in total. The third kappa shape index (κ3) is 4.24. The number of aryl methyl sites for hydroxylation is 1. The van der Waals surface area contributed by atoms with Crippen LogP contribution in [0.25, 0.3) is 10.9 Å². The van der Waals surface area contributed by atoms with Crippen molar-refractivity contribution >= 4 is 22.8 Å². The molecule has 1 heterocycles. The zero-order valence-electron chi connectivity index (χ0n) is 16.9. The average Bonchev–Trinajstić information content (AvgIpc) is 2.67. The molecule has 0 spiro atoms. The first kappa shape index (κ1) is 20.1. The van der Waals surface area contributed by atoms with Gasteiger partial charge in [-0.1, -0.05) is 45.0 Å². The van der Waals surface area contributed by atoms with Crippen LogP contribution in [-0.2, 0) is 22.4 Å². The molecular formula is C23H28N2O3. The summed E-state index contributed by atoms with van der Waals surface area (Å²) in [6.45, 7) is 10.3. The zero-order valence-corrected chi connectivity index (χ0v) is 16.9. The molecule has 1 aliphatic carbocycles. The fourth-order valence-electron chi connectivity index (χ4n) is 3.80. The standard InChI is InChI=1S/C23H28N2O3/c1-5-12-24-20(26)14-28-22(27)21-16-8-6-7-9-18(16)25-19-11-10-15(13-17(19)21)23(2,3)4/h5-9,15H,1,10-14H2,2-4H3,(H,24,26)/t15-/m1/s1. The Morgan fingerprint density at radius 3 is 2.79 bits per heavy atom. The number of ether oxygens (including phenoxy) is 1. The van der Waals surface area contributed by atoms with Crippen molar-refractivity contribution in [2.24, 2.45) is 11.3 Å². The maximum absolute atomic E-state index is 13.0. The lowest BCUT2D eigenvalue weighted by molar-refractivity contribution is -0.124. The van der Waals surface area contributed by atoms with Gasteiger partial charge in [0.05, 0.1) is 11.1 Å². The first-order valence-electron chi connectivity index (χ1n) is 9.76. The molecule has 0 radical (unpaired) electrons. The van der Waals surface area contributed by atoms with Crippen LogP contribution in [0.5, 0.6) is 0 Å². The zero-order chi connectivity index (χ0) is 20.3. The minimum absolute atomic E-state index is 0.148. The highest BCUT2D eigenvalue weighted by atomic mass is 16.5. The van der Waals surface area contributed by atoms with Gasteiger partial charge < -0.3 is 10.1 Å². The number of pyridine rings is 1. The fraction of sp³-hybridized carbons (Fsp3) is 0.435. The van der Waals surface area contributed by atoms with E-state index in [4.69, 9.17) is 9.72 Å². The quantitative estimate of drug-likeness (QED) is 0.632. The van der Waals surface area contributed by atoms with Gasteiger partial charge in [-0.25, -0.2) is 4.79 Å². The van der Waals surface area contributed by atoms with Crippen molar-refractivity contribution in [1.82, 2.24) is 10.3 Å². The smallest absolute Gasteiger partial charge is 0.339 e. The molecule has 0 unspecified atom stereocenters. The molecule has 0 saturated heterocycles. The van der Waals surface area contributed by atoms with Crippen LogP contribution in [0.4, 0.5) is 0 Å². The number of amides is 1. The molecular weight excluding hydrogens is 352 g/mol. The SMILES string of the molecule is C=CCNC(=O)COC(=O)c1c2c(nc3ccccc13)CC[C@@H](C(C)(C)C)C2. The van der Waals surface area contributed by atoms with E-state index in [-0.39, 0.29) is 17.9 Å².